The number of halogens is 2. The second-order valence-electron chi connectivity index (χ2n) is 12.9. The van der Waals surface area contributed by atoms with Crippen LogP contribution in [0.5, 0.6) is 5.75 Å². The van der Waals surface area contributed by atoms with Gasteiger partial charge in [-0.2, -0.15) is 0 Å². The molecule has 1 heterocycles. The first kappa shape index (κ1) is 28.0. The fourth-order valence-corrected chi connectivity index (χ4v) is 8.60. The van der Waals surface area contributed by atoms with Crippen molar-refractivity contribution in [2.75, 3.05) is 54.4 Å². The lowest BCUT2D eigenvalue weighted by atomic mass is 9.55. The number of nitrogens with zero attached hydrogens (tertiary/aromatic N) is 2. The number of hydrogen-bond acceptors (Lipinski definition) is 1. The highest BCUT2D eigenvalue weighted by molar-refractivity contribution is 5.40. The smallest absolute Gasteiger partial charge is 0.137 e. The Kier molecular flexibility index (Phi) is 8.82. The van der Waals surface area contributed by atoms with Crippen molar-refractivity contribution in [2.45, 2.75) is 70.3 Å². The number of likely N-dealkylation sites (N-methyl/N-ethyl adjacent to an activating group) is 1. The van der Waals surface area contributed by atoms with Crippen LogP contribution in [0, 0.1) is 17.3 Å². The molecule has 4 aliphatic rings. The first-order valence-electron chi connectivity index (χ1n) is 13.1. The maximum absolute atomic E-state index is 6.25. The molecule has 0 amide bonds. The van der Waals surface area contributed by atoms with Crippen LogP contribution >= 0.6 is 0 Å². The van der Waals surface area contributed by atoms with Gasteiger partial charge in [0.15, 0.2) is 0 Å². The minimum absolute atomic E-state index is 0. The molecule has 3 unspecified atom stereocenters. The lowest BCUT2D eigenvalue weighted by Crippen LogP contribution is -3.00. The van der Waals surface area contributed by atoms with Crippen LogP contribution in [-0.4, -0.2) is 69.4 Å². The number of hydrogen-bond donors (Lipinski definition) is 0. The van der Waals surface area contributed by atoms with E-state index in [1.807, 2.05) is 0 Å². The summed E-state index contributed by atoms with van der Waals surface area (Å²) in [6, 6.07) is 7.95. The lowest BCUT2D eigenvalue weighted by molar-refractivity contribution is -0.903. The van der Waals surface area contributed by atoms with Crippen LogP contribution in [0.4, 0.5) is 0 Å². The van der Waals surface area contributed by atoms with E-state index in [0.29, 0.717) is 5.41 Å². The zero-order valence-electron chi connectivity index (χ0n) is 21.6. The summed E-state index contributed by atoms with van der Waals surface area (Å²) in [4.78, 5) is 0. The van der Waals surface area contributed by atoms with Gasteiger partial charge in [0.2, 0.25) is 0 Å². The number of benzene rings is 1. The Bertz CT molecular complexity index is 817. The number of quaternary nitrogens is 2. The third-order valence-electron chi connectivity index (χ3n) is 10.1. The predicted octanol–water partition coefficient (Wildman–Crippen LogP) is -0.755. The van der Waals surface area contributed by atoms with Gasteiger partial charge in [-0.3, -0.25) is 0 Å². The number of fused-ring (bicyclic) bond motifs is 5. The molecule has 0 bridgehead atoms. The minimum Gasteiger partial charge on any atom is -1.00 e. The fraction of sp³-hybridized carbons (Fsp3) is 0.786. The zero-order valence-corrected chi connectivity index (χ0v) is 25.9. The van der Waals surface area contributed by atoms with Crippen LogP contribution in [0.3, 0.4) is 0 Å². The van der Waals surface area contributed by atoms with Gasteiger partial charge in [0.1, 0.15) is 18.9 Å². The van der Waals surface area contributed by atoms with Crippen molar-refractivity contribution in [3.8, 4) is 5.75 Å². The Balaban J connectivity index is 0.00000153. The quantitative estimate of drug-likeness (QED) is 0.294. The Morgan fingerprint density at radius 1 is 1.03 bits per heavy atom. The number of likely N-dealkylation sites (tertiary alicyclic amines) is 1. The maximum atomic E-state index is 6.25. The van der Waals surface area contributed by atoms with Crippen LogP contribution < -0.4 is 52.7 Å². The average Bonchev–Trinajstić information content (AvgIpc) is 3.30. The van der Waals surface area contributed by atoms with E-state index in [1.165, 1.54) is 68.9 Å². The van der Waals surface area contributed by atoms with Crippen molar-refractivity contribution in [1.82, 2.24) is 0 Å². The minimum atomic E-state index is 0. The van der Waals surface area contributed by atoms with E-state index < -0.39 is 0 Å². The summed E-state index contributed by atoms with van der Waals surface area (Å²) >= 11 is 0. The number of rotatable bonds is 5. The van der Waals surface area contributed by atoms with Crippen LogP contribution in [0.1, 0.15) is 68.9 Å². The monoisotopic (exact) mass is 680 g/mol. The van der Waals surface area contributed by atoms with Crippen LogP contribution in [0.2, 0.25) is 0 Å². The highest BCUT2D eigenvalue weighted by Gasteiger charge is 2.58. The van der Waals surface area contributed by atoms with E-state index in [9.17, 15) is 0 Å². The molecule has 0 N–H and O–H groups in total. The molecule has 1 aromatic rings. The molecule has 1 aliphatic heterocycles. The van der Waals surface area contributed by atoms with Gasteiger partial charge in [-0.1, -0.05) is 13.0 Å². The highest BCUT2D eigenvalue weighted by Crippen LogP contribution is 2.62. The second-order valence-corrected chi connectivity index (χ2v) is 12.9. The van der Waals surface area contributed by atoms with Gasteiger partial charge in [-0.05, 0) is 73.1 Å². The topological polar surface area (TPSA) is 9.23 Å². The standard InChI is InChI=1S/C28H46N2O.2HI/c1-28-15-14-24-23-11-9-22(31-19-18-30(5)16-6-7-17-30)20-21(23)8-10-25(24)26(28)12-13-27(28)29(2,3)4;;/h9,11,20,24-27H,6-8,10,12-19H2,1-5H3;2*1H/q+2;;/p-2/t24?,25?,26?,27-,28-;;/m0../s1. The van der Waals surface area contributed by atoms with Crippen molar-refractivity contribution in [2.24, 2.45) is 17.3 Å². The van der Waals surface area contributed by atoms with Crippen LogP contribution in [0.25, 0.3) is 0 Å². The molecular formula is C28H46I2N2O. The Labute approximate surface area is 237 Å². The zero-order chi connectivity index (χ0) is 21.9. The largest absolute Gasteiger partial charge is 1.00 e. The fourth-order valence-electron chi connectivity index (χ4n) is 8.60. The predicted molar refractivity (Wildman–Crippen MR) is 128 cm³/mol. The van der Waals surface area contributed by atoms with Crippen molar-refractivity contribution in [3.05, 3.63) is 29.3 Å². The normalized spacial score (nSPS) is 34.3. The third kappa shape index (κ3) is 5.27. The summed E-state index contributed by atoms with van der Waals surface area (Å²) in [6.07, 6.45) is 11.1. The van der Waals surface area contributed by atoms with Gasteiger partial charge in [-0.15, -0.1) is 0 Å². The van der Waals surface area contributed by atoms with Gasteiger partial charge in [-0.25, -0.2) is 0 Å². The molecule has 1 aromatic carbocycles. The SMILES string of the molecule is C[C@]12CCC3c4ccc(OCC[N+]5(C)CCCC5)cc4CCC3C1CC[C@@H]2[N+](C)(C)C.[I-].[I-]. The van der Waals surface area contributed by atoms with Gasteiger partial charge >= 0.3 is 0 Å². The van der Waals surface area contributed by atoms with E-state index in [2.05, 4.69) is 53.3 Å². The summed E-state index contributed by atoms with van der Waals surface area (Å²) < 4.78 is 8.59. The summed E-state index contributed by atoms with van der Waals surface area (Å²) in [6.45, 7) is 7.30. The van der Waals surface area contributed by atoms with Crippen molar-refractivity contribution in [3.63, 3.8) is 0 Å². The Morgan fingerprint density at radius 3 is 2.45 bits per heavy atom. The highest BCUT2D eigenvalue weighted by atomic mass is 127. The molecular weight excluding hydrogens is 634 g/mol. The molecule has 2 saturated carbocycles. The Hall–Kier alpha value is 0.400. The number of ether oxygens (including phenoxy) is 1. The van der Waals surface area contributed by atoms with Crippen LogP contribution in [0.15, 0.2) is 18.2 Å². The molecule has 5 rings (SSSR count). The molecule has 0 aromatic heterocycles. The summed E-state index contributed by atoms with van der Waals surface area (Å²) in [5, 5.41) is 0. The molecule has 33 heavy (non-hydrogen) atoms. The van der Waals surface area contributed by atoms with E-state index >= 15 is 0 Å². The lowest BCUT2D eigenvalue weighted by Gasteiger charge is -2.52. The molecule has 3 nitrogen and oxygen atoms in total. The van der Waals surface area contributed by atoms with Crippen LogP contribution in [-0.2, 0) is 6.42 Å². The summed E-state index contributed by atoms with van der Waals surface area (Å²) in [7, 11) is 9.67. The van der Waals surface area contributed by atoms with Gasteiger partial charge < -0.3 is 61.7 Å². The van der Waals surface area contributed by atoms with E-state index in [0.717, 1.165) is 47.2 Å². The van der Waals surface area contributed by atoms with Crippen molar-refractivity contribution < 1.29 is 61.7 Å². The van der Waals surface area contributed by atoms with Crippen molar-refractivity contribution in [1.29, 1.82) is 0 Å². The van der Waals surface area contributed by atoms with E-state index in [1.54, 1.807) is 11.1 Å². The molecule has 3 fully saturated rings. The van der Waals surface area contributed by atoms with Crippen molar-refractivity contribution >= 4 is 0 Å². The molecule has 3 aliphatic carbocycles. The average molecular weight is 680 g/mol. The first-order chi connectivity index (χ1) is 14.7. The Morgan fingerprint density at radius 2 is 1.76 bits per heavy atom. The van der Waals surface area contributed by atoms with E-state index in [-0.39, 0.29) is 48.0 Å². The number of aryl methyl sites for hydroxylation is 1. The molecule has 0 spiro atoms. The van der Waals surface area contributed by atoms with Gasteiger partial charge in [0.05, 0.1) is 47.3 Å². The first-order valence-corrected chi connectivity index (χ1v) is 13.1. The summed E-state index contributed by atoms with van der Waals surface area (Å²) in [5.41, 5.74) is 3.79. The molecule has 0 radical (unpaired) electrons. The molecule has 1 saturated heterocycles. The molecule has 5 atom stereocenters. The molecule has 5 heteroatoms. The summed E-state index contributed by atoms with van der Waals surface area (Å²) in [5.74, 6) is 3.71. The van der Waals surface area contributed by atoms with E-state index in [4.69, 9.17) is 4.74 Å². The maximum Gasteiger partial charge on any atom is 0.137 e. The van der Waals surface area contributed by atoms with Gasteiger partial charge in [0, 0.05) is 24.7 Å². The van der Waals surface area contributed by atoms with Gasteiger partial charge in [0.25, 0.3) is 0 Å². The molecule has 188 valence electrons. The third-order valence-corrected chi connectivity index (χ3v) is 10.1. The second kappa shape index (κ2) is 10.4.